The fourth-order valence-corrected chi connectivity index (χ4v) is 1.56. The average Bonchev–Trinajstić information content (AvgIpc) is 2.63. The van der Waals surface area contributed by atoms with Crippen molar-refractivity contribution >= 4 is 11.9 Å². The molecule has 0 aliphatic carbocycles. The van der Waals surface area contributed by atoms with Crippen LogP contribution in [0.25, 0.3) is 0 Å². The second kappa shape index (κ2) is 5.09. The Bertz CT molecular complexity index is 257. The van der Waals surface area contributed by atoms with Gasteiger partial charge in [-0.1, -0.05) is 0 Å². The highest BCUT2D eigenvalue weighted by Gasteiger charge is 2.28. The normalized spacial score (nSPS) is 23.5. The number of likely N-dealkylation sites (tertiary alicyclic amines) is 1. The number of amides is 3. The van der Waals surface area contributed by atoms with E-state index >= 15 is 0 Å². The number of aliphatic hydroxyl groups excluding tert-OH is 1. The van der Waals surface area contributed by atoms with E-state index in [9.17, 15) is 14.7 Å². The van der Waals surface area contributed by atoms with Crippen LogP contribution in [0, 0.1) is 0 Å². The van der Waals surface area contributed by atoms with Crippen LogP contribution in [0.4, 0.5) is 4.79 Å². The molecular formula is C9H17N3O3. The summed E-state index contributed by atoms with van der Waals surface area (Å²) in [7, 11) is 1.45. The maximum absolute atomic E-state index is 11.5. The summed E-state index contributed by atoms with van der Waals surface area (Å²) in [6.45, 7) is 2.89. The number of aliphatic hydroxyl groups is 1. The van der Waals surface area contributed by atoms with Crippen LogP contribution in [-0.4, -0.2) is 54.2 Å². The summed E-state index contributed by atoms with van der Waals surface area (Å²) in [5.74, 6) is -0.344. The minimum atomic E-state index is -0.508. The Kier molecular flexibility index (Phi) is 4.05. The fourth-order valence-electron chi connectivity index (χ4n) is 1.56. The summed E-state index contributed by atoms with van der Waals surface area (Å²) >= 11 is 0. The van der Waals surface area contributed by atoms with E-state index in [1.807, 2.05) is 4.90 Å². The largest absolute Gasteiger partial charge is 0.392 e. The molecule has 0 aromatic carbocycles. The maximum Gasteiger partial charge on any atom is 0.321 e. The van der Waals surface area contributed by atoms with Gasteiger partial charge < -0.3 is 10.4 Å². The molecule has 0 saturated carbocycles. The number of nitrogens with one attached hydrogen (secondary N) is 2. The molecule has 1 fully saturated rings. The van der Waals surface area contributed by atoms with Gasteiger partial charge in [0, 0.05) is 20.1 Å². The molecule has 1 rings (SSSR count). The van der Waals surface area contributed by atoms with Crippen molar-refractivity contribution in [3.05, 3.63) is 0 Å². The molecule has 1 aliphatic rings. The first-order valence-electron chi connectivity index (χ1n) is 4.99. The van der Waals surface area contributed by atoms with Gasteiger partial charge in [-0.3, -0.25) is 15.0 Å². The van der Waals surface area contributed by atoms with Gasteiger partial charge >= 0.3 is 6.03 Å². The standard InChI is InChI=1S/C9H17N3O3/c1-6(8(14)11-9(15)10-2)12-4-3-7(13)5-12/h6-7,13H,3-5H2,1-2H3,(H2,10,11,14,15)/t6?,7-/m0/s1. The molecule has 0 bridgehead atoms. The second-order valence-electron chi connectivity index (χ2n) is 3.68. The van der Waals surface area contributed by atoms with Crippen molar-refractivity contribution in [1.29, 1.82) is 0 Å². The minimum absolute atomic E-state index is 0.344. The van der Waals surface area contributed by atoms with Gasteiger partial charge in [-0.05, 0) is 13.3 Å². The van der Waals surface area contributed by atoms with E-state index in [2.05, 4.69) is 10.6 Å². The Morgan fingerprint density at radius 3 is 2.67 bits per heavy atom. The number of nitrogens with zero attached hydrogens (tertiary/aromatic N) is 1. The summed E-state index contributed by atoms with van der Waals surface area (Å²) in [6, 6.07) is -0.897. The van der Waals surface area contributed by atoms with Gasteiger partial charge in [0.25, 0.3) is 0 Å². The smallest absolute Gasteiger partial charge is 0.321 e. The molecule has 0 aromatic rings. The zero-order valence-electron chi connectivity index (χ0n) is 8.99. The van der Waals surface area contributed by atoms with Gasteiger partial charge in [-0.15, -0.1) is 0 Å². The lowest BCUT2D eigenvalue weighted by molar-refractivity contribution is -0.124. The Morgan fingerprint density at radius 2 is 2.20 bits per heavy atom. The molecule has 6 nitrogen and oxygen atoms in total. The second-order valence-corrected chi connectivity index (χ2v) is 3.68. The molecular weight excluding hydrogens is 198 g/mol. The molecule has 1 heterocycles. The van der Waals surface area contributed by atoms with Crippen LogP contribution >= 0.6 is 0 Å². The molecule has 2 atom stereocenters. The summed E-state index contributed by atoms with van der Waals surface area (Å²) < 4.78 is 0. The van der Waals surface area contributed by atoms with E-state index in [-0.39, 0.29) is 18.1 Å². The Hall–Kier alpha value is -1.14. The van der Waals surface area contributed by atoms with Crippen LogP contribution in [0.15, 0.2) is 0 Å². The van der Waals surface area contributed by atoms with E-state index in [4.69, 9.17) is 0 Å². The van der Waals surface area contributed by atoms with Crippen molar-refractivity contribution < 1.29 is 14.7 Å². The molecule has 0 radical (unpaired) electrons. The Balaban J connectivity index is 2.42. The first-order valence-corrected chi connectivity index (χ1v) is 4.99. The number of β-amino-alcohol motifs (C(OH)–C–C–N with tert-alkyl or cyclic N) is 1. The van der Waals surface area contributed by atoms with Crippen LogP contribution in [-0.2, 0) is 4.79 Å². The highest BCUT2D eigenvalue weighted by atomic mass is 16.3. The van der Waals surface area contributed by atoms with Crippen LogP contribution in [0.1, 0.15) is 13.3 Å². The van der Waals surface area contributed by atoms with Crippen molar-refractivity contribution in [3.63, 3.8) is 0 Å². The zero-order chi connectivity index (χ0) is 11.4. The molecule has 1 aliphatic heterocycles. The lowest BCUT2D eigenvalue weighted by Crippen LogP contribution is -2.48. The first-order chi connectivity index (χ1) is 7.04. The molecule has 3 N–H and O–H groups in total. The van der Waals surface area contributed by atoms with Crippen molar-refractivity contribution in [2.45, 2.75) is 25.5 Å². The third-order valence-electron chi connectivity index (χ3n) is 2.59. The number of hydrogen-bond acceptors (Lipinski definition) is 4. The van der Waals surface area contributed by atoms with Crippen molar-refractivity contribution in [2.24, 2.45) is 0 Å². The predicted octanol–water partition coefficient (Wildman–Crippen LogP) is -1.10. The summed E-state index contributed by atoms with van der Waals surface area (Å²) in [5, 5.41) is 13.8. The minimum Gasteiger partial charge on any atom is -0.392 e. The van der Waals surface area contributed by atoms with Gasteiger partial charge in [-0.25, -0.2) is 4.79 Å². The molecule has 0 spiro atoms. The van der Waals surface area contributed by atoms with E-state index in [1.54, 1.807) is 6.92 Å². The summed E-state index contributed by atoms with van der Waals surface area (Å²) in [6.07, 6.45) is 0.317. The number of urea groups is 1. The topological polar surface area (TPSA) is 81.7 Å². The number of carbonyl (C=O) groups is 2. The van der Waals surface area contributed by atoms with E-state index in [0.29, 0.717) is 19.5 Å². The Labute approximate surface area is 88.6 Å². The highest BCUT2D eigenvalue weighted by molar-refractivity contribution is 5.96. The summed E-state index contributed by atoms with van der Waals surface area (Å²) in [4.78, 5) is 24.3. The van der Waals surface area contributed by atoms with E-state index in [1.165, 1.54) is 7.05 Å². The fraction of sp³-hybridized carbons (Fsp3) is 0.778. The predicted molar refractivity (Wildman–Crippen MR) is 54.3 cm³/mol. The van der Waals surface area contributed by atoms with Crippen LogP contribution < -0.4 is 10.6 Å². The molecule has 15 heavy (non-hydrogen) atoms. The number of hydrogen-bond donors (Lipinski definition) is 3. The molecule has 86 valence electrons. The molecule has 1 saturated heterocycles. The Morgan fingerprint density at radius 1 is 1.53 bits per heavy atom. The van der Waals surface area contributed by atoms with Gasteiger partial charge in [0.15, 0.2) is 0 Å². The molecule has 6 heteroatoms. The van der Waals surface area contributed by atoms with Crippen LogP contribution in [0.2, 0.25) is 0 Å². The zero-order valence-corrected chi connectivity index (χ0v) is 8.99. The van der Waals surface area contributed by atoms with Crippen molar-refractivity contribution in [3.8, 4) is 0 Å². The van der Waals surface area contributed by atoms with Crippen molar-refractivity contribution in [1.82, 2.24) is 15.5 Å². The van der Waals surface area contributed by atoms with Gasteiger partial charge in [0.1, 0.15) is 0 Å². The first kappa shape index (κ1) is 11.9. The van der Waals surface area contributed by atoms with Gasteiger partial charge in [0.2, 0.25) is 5.91 Å². The monoisotopic (exact) mass is 215 g/mol. The number of imide groups is 1. The van der Waals surface area contributed by atoms with Crippen LogP contribution in [0.5, 0.6) is 0 Å². The molecule has 1 unspecified atom stereocenters. The van der Waals surface area contributed by atoms with E-state index < -0.39 is 6.03 Å². The van der Waals surface area contributed by atoms with Gasteiger partial charge in [0.05, 0.1) is 12.1 Å². The summed E-state index contributed by atoms with van der Waals surface area (Å²) in [5.41, 5.74) is 0. The number of rotatable bonds is 2. The maximum atomic E-state index is 11.5. The van der Waals surface area contributed by atoms with Crippen molar-refractivity contribution in [2.75, 3.05) is 20.1 Å². The number of carbonyl (C=O) groups excluding carboxylic acids is 2. The molecule has 3 amide bonds. The lowest BCUT2D eigenvalue weighted by atomic mass is 10.3. The third-order valence-corrected chi connectivity index (χ3v) is 2.59. The SMILES string of the molecule is CNC(=O)NC(=O)C(C)N1CC[C@H](O)C1. The average molecular weight is 215 g/mol. The van der Waals surface area contributed by atoms with Crippen LogP contribution in [0.3, 0.4) is 0 Å². The quantitative estimate of drug-likeness (QED) is 0.546. The highest BCUT2D eigenvalue weighted by Crippen LogP contribution is 2.12. The third kappa shape index (κ3) is 3.17. The van der Waals surface area contributed by atoms with Gasteiger partial charge in [-0.2, -0.15) is 0 Å². The molecule has 0 aromatic heterocycles. The van der Waals surface area contributed by atoms with E-state index in [0.717, 1.165) is 0 Å². The lowest BCUT2D eigenvalue weighted by Gasteiger charge is -2.22.